The van der Waals surface area contributed by atoms with Crippen LogP contribution in [0.4, 0.5) is 4.39 Å². The Morgan fingerprint density at radius 2 is 2.26 bits per heavy atom. The van der Waals surface area contributed by atoms with Crippen LogP contribution in [0, 0.1) is 11.7 Å². The van der Waals surface area contributed by atoms with E-state index in [1.807, 2.05) is 11.8 Å². The van der Waals surface area contributed by atoms with Crippen molar-refractivity contribution in [2.24, 2.45) is 5.92 Å². The zero-order chi connectivity index (χ0) is 16.6. The molecule has 5 nitrogen and oxygen atoms in total. The lowest BCUT2D eigenvalue weighted by molar-refractivity contribution is -0.123. The molecule has 2 aliphatic heterocycles. The number of thioether (sulfide) groups is 1. The molecule has 1 saturated heterocycles. The predicted octanol–water partition coefficient (Wildman–Crippen LogP) is 2.21. The fraction of sp³-hybridized carbons (Fsp3) is 0.333. The normalized spacial score (nSPS) is 26.9. The van der Waals surface area contributed by atoms with Gasteiger partial charge >= 0.3 is 0 Å². The molecule has 2 amide bonds. The van der Waals surface area contributed by atoms with E-state index in [0.29, 0.717) is 28.6 Å². The Morgan fingerprint density at radius 1 is 1.48 bits per heavy atom. The van der Waals surface area contributed by atoms with E-state index in [1.165, 1.54) is 23.9 Å². The molecular formula is C15H15ClFN3O2S. The van der Waals surface area contributed by atoms with Crippen LogP contribution in [-0.4, -0.2) is 29.8 Å². The third-order valence-electron chi connectivity index (χ3n) is 3.87. The van der Waals surface area contributed by atoms with Gasteiger partial charge in [-0.1, -0.05) is 30.3 Å². The minimum absolute atomic E-state index is 0.0748. The van der Waals surface area contributed by atoms with Crippen LogP contribution in [0.2, 0.25) is 5.02 Å². The van der Waals surface area contributed by atoms with Gasteiger partial charge in [0.1, 0.15) is 17.2 Å². The van der Waals surface area contributed by atoms with Gasteiger partial charge in [0.05, 0.1) is 5.03 Å². The van der Waals surface area contributed by atoms with Gasteiger partial charge in [-0.3, -0.25) is 9.59 Å². The van der Waals surface area contributed by atoms with E-state index in [0.717, 1.165) is 0 Å². The standard InChI is InChI=1S/C15H15ClFN3O2S/c1-8-5-18-14(22)13(8)20-6-12(19-7-21)23-15(20)9-2-10(16)4-11(17)3-9/h2-4,6-8,13,15H,5H2,1H3,(H,18,22)(H,19,21)/t8-,13-,15?/m0/s1. The van der Waals surface area contributed by atoms with Gasteiger partial charge in [0, 0.05) is 23.7 Å². The molecule has 0 radical (unpaired) electrons. The van der Waals surface area contributed by atoms with Crippen LogP contribution < -0.4 is 10.6 Å². The van der Waals surface area contributed by atoms with E-state index in [-0.39, 0.29) is 23.2 Å². The highest BCUT2D eigenvalue weighted by Gasteiger charge is 2.42. The van der Waals surface area contributed by atoms with Crippen LogP contribution in [0.15, 0.2) is 29.4 Å². The van der Waals surface area contributed by atoms with Crippen molar-refractivity contribution in [2.45, 2.75) is 18.3 Å². The molecule has 1 fully saturated rings. The molecule has 1 aromatic rings. The summed E-state index contributed by atoms with van der Waals surface area (Å²) in [6.45, 7) is 2.56. The first-order valence-electron chi connectivity index (χ1n) is 7.09. The maximum absolute atomic E-state index is 13.7. The molecule has 8 heteroatoms. The Bertz CT molecular complexity index is 664. The van der Waals surface area contributed by atoms with Gasteiger partial charge in [-0.2, -0.15) is 0 Å². The van der Waals surface area contributed by atoms with Crippen LogP contribution in [-0.2, 0) is 9.59 Å². The van der Waals surface area contributed by atoms with Gasteiger partial charge in [0.2, 0.25) is 12.3 Å². The number of carbonyl (C=O) groups is 2. The Kier molecular flexibility index (Phi) is 4.50. The number of amides is 2. The predicted molar refractivity (Wildman–Crippen MR) is 86.8 cm³/mol. The van der Waals surface area contributed by atoms with Crippen molar-refractivity contribution >= 4 is 35.7 Å². The van der Waals surface area contributed by atoms with Gasteiger partial charge in [-0.25, -0.2) is 4.39 Å². The van der Waals surface area contributed by atoms with Crippen molar-refractivity contribution < 1.29 is 14.0 Å². The fourth-order valence-electron chi connectivity index (χ4n) is 2.89. The van der Waals surface area contributed by atoms with Gasteiger partial charge in [0.15, 0.2) is 0 Å². The van der Waals surface area contributed by atoms with Gasteiger partial charge in [-0.15, -0.1) is 0 Å². The molecule has 2 N–H and O–H groups in total. The smallest absolute Gasteiger partial charge is 0.243 e. The number of benzene rings is 1. The minimum atomic E-state index is -0.436. The van der Waals surface area contributed by atoms with E-state index < -0.39 is 5.82 Å². The molecule has 0 spiro atoms. The summed E-state index contributed by atoms with van der Waals surface area (Å²) >= 11 is 7.30. The third kappa shape index (κ3) is 3.16. The van der Waals surface area contributed by atoms with Crippen LogP contribution >= 0.6 is 23.4 Å². The van der Waals surface area contributed by atoms with Crippen molar-refractivity contribution in [3.8, 4) is 0 Å². The number of rotatable bonds is 4. The molecular weight excluding hydrogens is 341 g/mol. The number of nitrogens with zero attached hydrogens (tertiary/aromatic N) is 1. The Labute approximate surface area is 142 Å². The summed E-state index contributed by atoms with van der Waals surface area (Å²) < 4.78 is 13.7. The highest BCUT2D eigenvalue weighted by molar-refractivity contribution is 8.03. The van der Waals surface area contributed by atoms with Crippen LogP contribution in [0.3, 0.4) is 0 Å². The average molecular weight is 356 g/mol. The quantitative estimate of drug-likeness (QED) is 0.813. The molecule has 122 valence electrons. The first-order chi connectivity index (χ1) is 11.0. The Hall–Kier alpha value is -1.73. The highest BCUT2D eigenvalue weighted by Crippen LogP contribution is 2.45. The third-order valence-corrected chi connectivity index (χ3v) is 5.31. The molecule has 0 saturated carbocycles. The summed E-state index contributed by atoms with van der Waals surface area (Å²) in [5.74, 6) is -0.413. The fourth-order valence-corrected chi connectivity index (χ4v) is 4.25. The molecule has 3 atom stereocenters. The maximum Gasteiger partial charge on any atom is 0.243 e. The zero-order valence-electron chi connectivity index (χ0n) is 12.3. The molecule has 2 heterocycles. The molecule has 0 aromatic heterocycles. The lowest BCUT2D eigenvalue weighted by Gasteiger charge is -2.31. The lowest BCUT2D eigenvalue weighted by atomic mass is 10.0. The SMILES string of the molecule is C[C@H]1CNC(=O)[C@H]1N1C=C(NC=O)SC1c1cc(F)cc(Cl)c1. The van der Waals surface area contributed by atoms with Crippen molar-refractivity contribution in [1.29, 1.82) is 0 Å². The number of hydrogen-bond acceptors (Lipinski definition) is 4. The van der Waals surface area contributed by atoms with E-state index in [9.17, 15) is 14.0 Å². The number of halogens is 2. The number of carbonyl (C=O) groups excluding carboxylic acids is 2. The summed E-state index contributed by atoms with van der Waals surface area (Å²) in [7, 11) is 0. The molecule has 3 rings (SSSR count). The number of nitrogens with one attached hydrogen (secondary N) is 2. The van der Waals surface area contributed by atoms with Crippen molar-refractivity contribution in [1.82, 2.24) is 15.5 Å². The van der Waals surface area contributed by atoms with Crippen molar-refractivity contribution in [2.75, 3.05) is 6.54 Å². The highest BCUT2D eigenvalue weighted by atomic mass is 35.5. The summed E-state index contributed by atoms with van der Waals surface area (Å²) in [6.07, 6.45) is 2.31. The van der Waals surface area contributed by atoms with E-state index in [1.54, 1.807) is 12.3 Å². The first-order valence-corrected chi connectivity index (χ1v) is 8.35. The van der Waals surface area contributed by atoms with E-state index in [2.05, 4.69) is 10.6 Å². The van der Waals surface area contributed by atoms with Crippen LogP contribution in [0.5, 0.6) is 0 Å². The van der Waals surface area contributed by atoms with Crippen LogP contribution in [0.1, 0.15) is 17.9 Å². The van der Waals surface area contributed by atoms with E-state index >= 15 is 0 Å². The average Bonchev–Trinajstić information content (AvgIpc) is 3.02. The second-order valence-electron chi connectivity index (χ2n) is 5.54. The lowest BCUT2D eigenvalue weighted by Crippen LogP contribution is -2.40. The maximum atomic E-state index is 13.7. The monoisotopic (exact) mass is 355 g/mol. The van der Waals surface area contributed by atoms with Gasteiger partial charge < -0.3 is 15.5 Å². The molecule has 1 unspecified atom stereocenters. The number of hydrogen-bond donors (Lipinski definition) is 2. The largest absolute Gasteiger partial charge is 0.354 e. The summed E-state index contributed by atoms with van der Waals surface area (Å²) in [5, 5.41) is 6.00. The van der Waals surface area contributed by atoms with Crippen molar-refractivity contribution in [3.05, 3.63) is 45.8 Å². The minimum Gasteiger partial charge on any atom is -0.354 e. The first kappa shape index (κ1) is 16.1. The van der Waals surface area contributed by atoms with Crippen molar-refractivity contribution in [3.63, 3.8) is 0 Å². The topological polar surface area (TPSA) is 61.4 Å². The molecule has 23 heavy (non-hydrogen) atoms. The van der Waals surface area contributed by atoms with E-state index in [4.69, 9.17) is 11.6 Å². The molecule has 0 aliphatic carbocycles. The Balaban J connectivity index is 1.97. The zero-order valence-corrected chi connectivity index (χ0v) is 13.8. The summed E-state index contributed by atoms with van der Waals surface area (Å²) in [4.78, 5) is 24.7. The summed E-state index contributed by atoms with van der Waals surface area (Å²) in [6, 6.07) is 3.93. The summed E-state index contributed by atoms with van der Waals surface area (Å²) in [5.41, 5.74) is 0.644. The second kappa shape index (κ2) is 6.41. The van der Waals surface area contributed by atoms with Crippen LogP contribution in [0.25, 0.3) is 0 Å². The molecule has 2 aliphatic rings. The Morgan fingerprint density at radius 3 is 2.87 bits per heavy atom. The second-order valence-corrected chi connectivity index (χ2v) is 7.10. The van der Waals surface area contributed by atoms with Gasteiger partial charge in [-0.05, 0) is 23.8 Å². The molecule has 1 aromatic carbocycles. The van der Waals surface area contributed by atoms with Gasteiger partial charge in [0.25, 0.3) is 0 Å². The molecule has 0 bridgehead atoms.